The van der Waals surface area contributed by atoms with Gasteiger partial charge in [0.25, 0.3) is 0 Å². The average molecular weight is 235 g/mol. The van der Waals surface area contributed by atoms with E-state index in [0.29, 0.717) is 16.3 Å². The van der Waals surface area contributed by atoms with E-state index >= 15 is 0 Å². The number of benzene rings is 2. The molecule has 2 rings (SSSR count). The number of carbonyl (C=O) groups excluding carboxylic acids is 1. The number of aryl methyl sites for hydroxylation is 1. The van der Waals surface area contributed by atoms with Crippen LogP contribution in [0.3, 0.4) is 0 Å². The van der Waals surface area contributed by atoms with E-state index in [1.54, 1.807) is 7.11 Å². The molecule has 0 aliphatic carbocycles. The molecule has 16 heavy (non-hydrogen) atoms. The molecule has 0 saturated heterocycles. The number of halogens is 1. The second kappa shape index (κ2) is 4.14. The lowest BCUT2D eigenvalue weighted by Crippen LogP contribution is -1.95. The highest BCUT2D eigenvalue weighted by atomic mass is 35.5. The molecule has 0 aliphatic heterocycles. The molecule has 0 bridgehead atoms. The Morgan fingerprint density at radius 1 is 1.25 bits per heavy atom. The smallest absolute Gasteiger partial charge is 0.151 e. The van der Waals surface area contributed by atoms with Crippen LogP contribution in [0.1, 0.15) is 15.9 Å². The summed E-state index contributed by atoms with van der Waals surface area (Å²) >= 11 is 6.14. The fraction of sp³-hybridized carbons (Fsp3) is 0.154. The number of methoxy groups -OCH3 is 1. The van der Waals surface area contributed by atoms with Gasteiger partial charge in [-0.1, -0.05) is 35.9 Å². The zero-order valence-electron chi connectivity index (χ0n) is 9.08. The number of hydrogen-bond donors (Lipinski definition) is 0. The van der Waals surface area contributed by atoms with Crippen LogP contribution in [0.5, 0.6) is 5.75 Å². The van der Waals surface area contributed by atoms with Crippen molar-refractivity contribution in [2.45, 2.75) is 6.92 Å². The molecule has 0 heterocycles. The van der Waals surface area contributed by atoms with Crippen LogP contribution in [0.15, 0.2) is 24.3 Å². The van der Waals surface area contributed by atoms with Crippen LogP contribution in [0.4, 0.5) is 0 Å². The number of hydrogen-bond acceptors (Lipinski definition) is 2. The molecule has 0 saturated carbocycles. The predicted molar refractivity (Wildman–Crippen MR) is 65.6 cm³/mol. The molecule has 0 aliphatic rings. The quantitative estimate of drug-likeness (QED) is 0.742. The first kappa shape index (κ1) is 11.0. The van der Waals surface area contributed by atoms with Gasteiger partial charge in [0.15, 0.2) is 6.29 Å². The maximum absolute atomic E-state index is 11.0. The van der Waals surface area contributed by atoms with Crippen LogP contribution in [-0.4, -0.2) is 13.4 Å². The van der Waals surface area contributed by atoms with Crippen molar-refractivity contribution >= 4 is 28.7 Å². The Morgan fingerprint density at radius 2 is 1.88 bits per heavy atom. The summed E-state index contributed by atoms with van der Waals surface area (Å²) < 4.78 is 5.26. The average Bonchev–Trinajstić information content (AvgIpc) is 2.30. The van der Waals surface area contributed by atoms with Crippen LogP contribution >= 0.6 is 11.6 Å². The minimum absolute atomic E-state index is 0.383. The van der Waals surface area contributed by atoms with E-state index in [-0.39, 0.29) is 0 Å². The largest absolute Gasteiger partial charge is 0.495 e. The maximum atomic E-state index is 11.0. The third-order valence-corrected chi connectivity index (χ3v) is 3.11. The summed E-state index contributed by atoms with van der Waals surface area (Å²) in [7, 11) is 1.55. The number of ether oxygens (including phenoxy) is 1. The van der Waals surface area contributed by atoms with Gasteiger partial charge in [-0.2, -0.15) is 0 Å². The summed E-state index contributed by atoms with van der Waals surface area (Å²) in [5, 5.41) is 2.30. The summed E-state index contributed by atoms with van der Waals surface area (Å²) in [6.07, 6.45) is 0.770. The first-order valence-electron chi connectivity index (χ1n) is 4.90. The van der Waals surface area contributed by atoms with Crippen LogP contribution in [0, 0.1) is 6.92 Å². The Morgan fingerprint density at radius 3 is 2.44 bits per heavy atom. The second-order valence-electron chi connectivity index (χ2n) is 3.55. The fourth-order valence-corrected chi connectivity index (χ4v) is 2.26. The van der Waals surface area contributed by atoms with E-state index in [9.17, 15) is 4.79 Å². The Bertz CT molecular complexity index is 561. The first-order chi connectivity index (χ1) is 7.70. The SMILES string of the molecule is COc1c(Cl)c(C=O)c(C)c2ccccc12. The third kappa shape index (κ3) is 1.46. The summed E-state index contributed by atoms with van der Waals surface area (Å²) in [5.74, 6) is 0.560. The van der Waals surface area contributed by atoms with Gasteiger partial charge >= 0.3 is 0 Å². The molecule has 2 nitrogen and oxygen atoms in total. The van der Waals surface area contributed by atoms with Gasteiger partial charge in [-0.05, 0) is 17.9 Å². The van der Waals surface area contributed by atoms with Crippen molar-refractivity contribution in [1.82, 2.24) is 0 Å². The number of carbonyl (C=O) groups is 1. The van der Waals surface area contributed by atoms with E-state index < -0.39 is 0 Å². The van der Waals surface area contributed by atoms with Crippen molar-refractivity contribution in [3.05, 3.63) is 40.4 Å². The highest BCUT2D eigenvalue weighted by Crippen LogP contribution is 2.38. The number of fused-ring (bicyclic) bond motifs is 1. The molecule has 0 N–H and O–H groups in total. The predicted octanol–water partition coefficient (Wildman–Crippen LogP) is 3.62. The minimum Gasteiger partial charge on any atom is -0.495 e. The molecule has 3 heteroatoms. The van der Waals surface area contributed by atoms with E-state index in [1.807, 2.05) is 31.2 Å². The Balaban J connectivity index is 2.99. The van der Waals surface area contributed by atoms with Gasteiger partial charge in [-0.15, -0.1) is 0 Å². The molecule has 2 aromatic rings. The molecule has 2 aromatic carbocycles. The molecule has 0 amide bonds. The summed E-state index contributed by atoms with van der Waals surface area (Å²) in [6.45, 7) is 1.89. The monoisotopic (exact) mass is 234 g/mol. The van der Waals surface area contributed by atoms with E-state index in [1.165, 1.54) is 0 Å². The first-order valence-corrected chi connectivity index (χ1v) is 5.28. The molecular weight excluding hydrogens is 224 g/mol. The molecule has 0 unspecified atom stereocenters. The van der Waals surface area contributed by atoms with E-state index in [2.05, 4.69) is 0 Å². The number of rotatable bonds is 2. The van der Waals surface area contributed by atoms with E-state index in [0.717, 1.165) is 22.6 Å². The fourth-order valence-electron chi connectivity index (χ4n) is 1.90. The molecule has 0 radical (unpaired) electrons. The van der Waals surface area contributed by atoms with Crippen molar-refractivity contribution in [3.8, 4) is 5.75 Å². The number of aldehydes is 1. The van der Waals surface area contributed by atoms with E-state index in [4.69, 9.17) is 16.3 Å². The maximum Gasteiger partial charge on any atom is 0.151 e. The standard InChI is InChI=1S/C13H11ClO2/c1-8-9-5-3-4-6-10(9)13(16-2)12(14)11(8)7-15/h3-7H,1-2H3. The zero-order valence-corrected chi connectivity index (χ0v) is 9.84. The van der Waals surface area contributed by atoms with Gasteiger partial charge in [-0.25, -0.2) is 0 Å². The van der Waals surface area contributed by atoms with Gasteiger partial charge < -0.3 is 4.74 Å². The molecular formula is C13H11ClO2. The second-order valence-corrected chi connectivity index (χ2v) is 3.93. The summed E-state index contributed by atoms with van der Waals surface area (Å²) in [5.41, 5.74) is 1.38. The van der Waals surface area contributed by atoms with Crippen LogP contribution in [0.2, 0.25) is 5.02 Å². The molecule has 0 spiro atoms. The Labute approximate surface area is 98.8 Å². The molecule has 0 aromatic heterocycles. The minimum atomic E-state index is 0.383. The van der Waals surface area contributed by atoms with Gasteiger partial charge in [-0.3, -0.25) is 4.79 Å². The lowest BCUT2D eigenvalue weighted by atomic mass is 9.99. The summed E-state index contributed by atoms with van der Waals surface area (Å²) in [4.78, 5) is 11.0. The van der Waals surface area contributed by atoms with Crippen molar-refractivity contribution in [2.75, 3.05) is 7.11 Å². The summed E-state index contributed by atoms with van der Waals surface area (Å²) in [6, 6.07) is 7.73. The van der Waals surface area contributed by atoms with Crippen LogP contribution < -0.4 is 4.74 Å². The lowest BCUT2D eigenvalue weighted by Gasteiger charge is -2.12. The molecule has 0 atom stereocenters. The van der Waals surface area contributed by atoms with Gasteiger partial charge in [0, 0.05) is 10.9 Å². The molecule has 82 valence electrons. The van der Waals surface area contributed by atoms with Crippen molar-refractivity contribution in [2.24, 2.45) is 0 Å². The van der Waals surface area contributed by atoms with Crippen molar-refractivity contribution < 1.29 is 9.53 Å². The normalized spacial score (nSPS) is 10.4. The van der Waals surface area contributed by atoms with Gasteiger partial charge in [0.05, 0.1) is 12.1 Å². The highest BCUT2D eigenvalue weighted by Gasteiger charge is 2.15. The highest BCUT2D eigenvalue weighted by molar-refractivity contribution is 6.36. The molecule has 0 fully saturated rings. The van der Waals surface area contributed by atoms with Crippen molar-refractivity contribution in [1.29, 1.82) is 0 Å². The Hall–Kier alpha value is -1.54. The lowest BCUT2D eigenvalue weighted by molar-refractivity contribution is 0.112. The third-order valence-electron chi connectivity index (χ3n) is 2.74. The van der Waals surface area contributed by atoms with Crippen LogP contribution in [-0.2, 0) is 0 Å². The Kier molecular flexibility index (Phi) is 2.84. The topological polar surface area (TPSA) is 26.3 Å². The van der Waals surface area contributed by atoms with Crippen molar-refractivity contribution in [3.63, 3.8) is 0 Å². The van der Waals surface area contributed by atoms with Crippen LogP contribution in [0.25, 0.3) is 10.8 Å². The zero-order chi connectivity index (χ0) is 11.7. The van der Waals surface area contributed by atoms with Gasteiger partial charge in [0.2, 0.25) is 0 Å². The van der Waals surface area contributed by atoms with Gasteiger partial charge in [0.1, 0.15) is 5.75 Å².